The lowest BCUT2D eigenvalue weighted by atomic mass is 10.2. The largest absolute Gasteiger partial charge is 0.488 e. The first-order valence-corrected chi connectivity index (χ1v) is 11.1. The summed E-state index contributed by atoms with van der Waals surface area (Å²) in [6, 6.07) is 8.55. The number of carbonyl (C=O) groups excluding carboxylic acids is 1. The van der Waals surface area contributed by atoms with Crippen LogP contribution in [0.1, 0.15) is 26.3 Å². The molecule has 0 atom stereocenters. The Morgan fingerprint density at radius 2 is 1.91 bits per heavy atom. The van der Waals surface area contributed by atoms with Gasteiger partial charge in [-0.1, -0.05) is 17.7 Å². The molecule has 1 aromatic carbocycles. The summed E-state index contributed by atoms with van der Waals surface area (Å²) in [5.41, 5.74) is 0.0433. The Labute approximate surface area is 192 Å². The van der Waals surface area contributed by atoms with Crippen LogP contribution in [0.5, 0.6) is 5.75 Å². The van der Waals surface area contributed by atoms with Crippen LogP contribution in [0.3, 0.4) is 0 Å². The molecule has 2 aliphatic rings. The summed E-state index contributed by atoms with van der Waals surface area (Å²) in [5, 5.41) is 0.375. The van der Waals surface area contributed by atoms with Crippen LogP contribution >= 0.6 is 11.6 Å². The summed E-state index contributed by atoms with van der Waals surface area (Å²) in [5.74, 6) is 1.85. The zero-order chi connectivity index (χ0) is 22.9. The van der Waals surface area contributed by atoms with Crippen molar-refractivity contribution in [2.45, 2.75) is 32.9 Å². The number of aromatic nitrogens is 1. The van der Waals surface area contributed by atoms with E-state index in [0.29, 0.717) is 68.0 Å². The number of pyridine rings is 1. The van der Waals surface area contributed by atoms with E-state index in [2.05, 4.69) is 4.90 Å². The number of fused-ring (bicyclic) bond motifs is 1. The van der Waals surface area contributed by atoms with E-state index >= 15 is 0 Å². The van der Waals surface area contributed by atoms with Gasteiger partial charge < -0.3 is 24.2 Å². The molecule has 9 heteroatoms. The summed E-state index contributed by atoms with van der Waals surface area (Å²) in [7, 11) is 0. The van der Waals surface area contributed by atoms with E-state index in [-0.39, 0.29) is 11.9 Å². The molecule has 1 saturated heterocycles. The molecule has 0 spiro atoms. The molecule has 0 saturated carbocycles. The van der Waals surface area contributed by atoms with Gasteiger partial charge >= 0.3 is 6.09 Å². The van der Waals surface area contributed by atoms with Crippen LogP contribution < -0.4 is 14.5 Å². The number of rotatable bonds is 3. The molecule has 1 aromatic heterocycles. The van der Waals surface area contributed by atoms with Gasteiger partial charge in [-0.15, -0.1) is 0 Å². The Kier molecular flexibility index (Phi) is 6.33. The van der Waals surface area contributed by atoms with Crippen molar-refractivity contribution in [1.29, 1.82) is 0 Å². The van der Waals surface area contributed by atoms with Gasteiger partial charge in [-0.3, -0.25) is 0 Å². The Balaban J connectivity index is 1.46. The second kappa shape index (κ2) is 9.02. The van der Waals surface area contributed by atoms with Gasteiger partial charge in [-0.05, 0) is 45.0 Å². The number of nitrogens with zero attached hydrogens (tertiary/aromatic N) is 4. The molecule has 4 rings (SSSR count). The summed E-state index contributed by atoms with van der Waals surface area (Å²) in [6.45, 7) is 9.51. The number of anilines is 2. The maximum absolute atomic E-state index is 14.3. The number of piperazine rings is 1. The average Bonchev–Trinajstić information content (AvgIpc) is 2.74. The summed E-state index contributed by atoms with van der Waals surface area (Å²) >= 11 is 5.88. The third kappa shape index (κ3) is 5.18. The van der Waals surface area contributed by atoms with Crippen LogP contribution in [0.4, 0.5) is 20.8 Å². The molecule has 7 nitrogen and oxygen atoms in total. The zero-order valence-electron chi connectivity index (χ0n) is 18.6. The van der Waals surface area contributed by atoms with Crippen molar-refractivity contribution >= 4 is 29.3 Å². The fourth-order valence-corrected chi connectivity index (χ4v) is 3.93. The molecule has 32 heavy (non-hydrogen) atoms. The molecule has 172 valence electrons. The number of amides is 1. The standard InChI is InChI=1S/C23H28ClFN4O3/c1-23(2,3)32-22(30)28-10-8-27(9-11-28)20-7-6-19-21(26-20)29(12-13-31-19)15-16-4-5-17(24)14-18(16)25/h4-7,14H,8-13,15H2,1-3H3. The number of benzene rings is 1. The molecule has 2 aromatic rings. The van der Waals surface area contributed by atoms with E-state index in [1.807, 2.05) is 37.8 Å². The van der Waals surface area contributed by atoms with Crippen LogP contribution in [-0.4, -0.2) is 60.9 Å². The molecular formula is C23H28ClFN4O3. The smallest absolute Gasteiger partial charge is 0.410 e. The Bertz CT molecular complexity index is 990. The monoisotopic (exact) mass is 462 g/mol. The molecule has 0 bridgehead atoms. The van der Waals surface area contributed by atoms with Crippen LogP contribution in [0.2, 0.25) is 5.02 Å². The van der Waals surface area contributed by atoms with E-state index in [4.69, 9.17) is 26.1 Å². The normalized spacial score (nSPS) is 16.5. The number of hydrogen-bond donors (Lipinski definition) is 0. The highest BCUT2D eigenvalue weighted by molar-refractivity contribution is 6.30. The minimum absolute atomic E-state index is 0.292. The second-order valence-corrected chi connectivity index (χ2v) is 9.39. The first kappa shape index (κ1) is 22.5. The van der Waals surface area contributed by atoms with Gasteiger partial charge in [-0.25, -0.2) is 14.2 Å². The maximum atomic E-state index is 14.3. The van der Waals surface area contributed by atoms with Crippen molar-refractivity contribution in [3.05, 3.63) is 46.7 Å². The van der Waals surface area contributed by atoms with E-state index in [0.717, 1.165) is 5.82 Å². The first-order valence-electron chi connectivity index (χ1n) is 10.8. The third-order valence-electron chi connectivity index (χ3n) is 5.37. The van der Waals surface area contributed by atoms with Crippen LogP contribution in [-0.2, 0) is 11.3 Å². The molecule has 0 N–H and O–H groups in total. The van der Waals surface area contributed by atoms with Crippen molar-refractivity contribution in [3.8, 4) is 5.75 Å². The second-order valence-electron chi connectivity index (χ2n) is 8.95. The fraction of sp³-hybridized carbons (Fsp3) is 0.478. The summed E-state index contributed by atoms with van der Waals surface area (Å²) in [6.07, 6.45) is -0.292. The first-order chi connectivity index (χ1) is 15.2. The van der Waals surface area contributed by atoms with E-state index in [9.17, 15) is 9.18 Å². The zero-order valence-corrected chi connectivity index (χ0v) is 19.4. The van der Waals surface area contributed by atoms with Gasteiger partial charge in [0.05, 0.1) is 6.54 Å². The van der Waals surface area contributed by atoms with Crippen LogP contribution in [0.25, 0.3) is 0 Å². The Morgan fingerprint density at radius 3 is 2.59 bits per heavy atom. The van der Waals surface area contributed by atoms with Gasteiger partial charge in [0.2, 0.25) is 0 Å². The average molecular weight is 463 g/mol. The highest BCUT2D eigenvalue weighted by Gasteiger charge is 2.28. The number of hydrogen-bond acceptors (Lipinski definition) is 6. The van der Waals surface area contributed by atoms with Gasteiger partial charge in [0.1, 0.15) is 23.8 Å². The lowest BCUT2D eigenvalue weighted by Gasteiger charge is -2.37. The van der Waals surface area contributed by atoms with Crippen LogP contribution in [0.15, 0.2) is 30.3 Å². The van der Waals surface area contributed by atoms with Crippen molar-refractivity contribution in [2.24, 2.45) is 0 Å². The molecule has 3 heterocycles. The maximum Gasteiger partial charge on any atom is 0.410 e. The van der Waals surface area contributed by atoms with Gasteiger partial charge in [0.25, 0.3) is 0 Å². The van der Waals surface area contributed by atoms with Crippen molar-refractivity contribution in [3.63, 3.8) is 0 Å². The molecule has 2 aliphatic heterocycles. The fourth-order valence-electron chi connectivity index (χ4n) is 3.77. The third-order valence-corrected chi connectivity index (χ3v) is 5.61. The van der Waals surface area contributed by atoms with Gasteiger partial charge in [0, 0.05) is 43.3 Å². The van der Waals surface area contributed by atoms with Gasteiger partial charge in [-0.2, -0.15) is 0 Å². The quantitative estimate of drug-likeness (QED) is 0.676. The Hall–Kier alpha value is -2.74. The van der Waals surface area contributed by atoms with Crippen LogP contribution in [0, 0.1) is 5.82 Å². The van der Waals surface area contributed by atoms with E-state index < -0.39 is 5.60 Å². The molecule has 0 radical (unpaired) electrons. The topological polar surface area (TPSA) is 58.1 Å². The van der Waals surface area contributed by atoms with E-state index in [1.54, 1.807) is 17.0 Å². The minimum atomic E-state index is -0.513. The lowest BCUT2D eigenvalue weighted by Crippen LogP contribution is -2.50. The highest BCUT2D eigenvalue weighted by atomic mass is 35.5. The number of halogens is 2. The van der Waals surface area contributed by atoms with Gasteiger partial charge in [0.15, 0.2) is 11.6 Å². The molecule has 0 unspecified atom stereocenters. The van der Waals surface area contributed by atoms with E-state index in [1.165, 1.54) is 6.07 Å². The minimum Gasteiger partial charge on any atom is -0.488 e. The SMILES string of the molecule is CC(C)(C)OC(=O)N1CCN(c2ccc3c(n2)N(Cc2ccc(Cl)cc2F)CCO3)CC1. The molecule has 1 fully saturated rings. The molecule has 1 amide bonds. The number of carbonyl (C=O) groups is 1. The summed E-state index contributed by atoms with van der Waals surface area (Å²) in [4.78, 5) is 23.0. The predicted octanol–water partition coefficient (Wildman–Crippen LogP) is 4.33. The lowest BCUT2D eigenvalue weighted by molar-refractivity contribution is 0.0240. The highest BCUT2D eigenvalue weighted by Crippen LogP contribution is 2.33. The summed E-state index contributed by atoms with van der Waals surface area (Å²) < 4.78 is 25.6. The van der Waals surface area contributed by atoms with Crippen molar-refractivity contribution in [1.82, 2.24) is 9.88 Å². The van der Waals surface area contributed by atoms with Crippen molar-refractivity contribution in [2.75, 3.05) is 49.1 Å². The molecular weight excluding hydrogens is 435 g/mol. The number of ether oxygens (including phenoxy) is 2. The predicted molar refractivity (Wildman–Crippen MR) is 122 cm³/mol. The van der Waals surface area contributed by atoms with Crippen molar-refractivity contribution < 1.29 is 18.7 Å². The molecule has 0 aliphatic carbocycles. The Morgan fingerprint density at radius 1 is 1.16 bits per heavy atom.